The van der Waals surface area contributed by atoms with Crippen LogP contribution in [0.15, 0.2) is 97.1 Å². The van der Waals surface area contributed by atoms with E-state index >= 15 is 0 Å². The Bertz CT molecular complexity index is 1140. The summed E-state index contributed by atoms with van der Waals surface area (Å²) in [5.74, 6) is 1.80. The van der Waals surface area contributed by atoms with Gasteiger partial charge >= 0.3 is 0 Å². The van der Waals surface area contributed by atoms with Gasteiger partial charge in [0.05, 0.1) is 25.4 Å². The summed E-state index contributed by atoms with van der Waals surface area (Å²) in [4.78, 5) is 0. The van der Waals surface area contributed by atoms with Crippen molar-refractivity contribution >= 4 is 0 Å². The van der Waals surface area contributed by atoms with Crippen LogP contribution in [0.3, 0.4) is 0 Å². The molecule has 2 aliphatic heterocycles. The quantitative estimate of drug-likeness (QED) is 0.290. The van der Waals surface area contributed by atoms with E-state index in [0.29, 0.717) is 0 Å². The second kappa shape index (κ2) is 8.86. The van der Waals surface area contributed by atoms with Gasteiger partial charge in [0.15, 0.2) is 0 Å². The zero-order valence-electron chi connectivity index (χ0n) is 18.4. The first-order valence-electron chi connectivity index (χ1n) is 11.6. The van der Waals surface area contributed by atoms with Crippen LogP contribution >= 0.6 is 0 Å². The van der Waals surface area contributed by atoms with Crippen molar-refractivity contribution in [2.75, 3.05) is 13.2 Å². The molecule has 0 radical (unpaired) electrons. The van der Waals surface area contributed by atoms with Gasteiger partial charge in [0.2, 0.25) is 0 Å². The molecule has 6 rings (SSSR count). The maximum Gasteiger partial charge on any atom is 0.130 e. The fourth-order valence-electron chi connectivity index (χ4n) is 4.28. The molecule has 0 amide bonds. The number of rotatable bonds is 8. The predicted molar refractivity (Wildman–Crippen MR) is 131 cm³/mol. The van der Waals surface area contributed by atoms with Crippen LogP contribution in [0.4, 0.5) is 0 Å². The van der Waals surface area contributed by atoms with Gasteiger partial charge in [-0.25, -0.2) is 0 Å². The minimum atomic E-state index is 0.290. The standard InChI is InChI=1S/C30H26O3/c1-3-7-21(8-4-1)23-11-13-29(25(15-23)17-27-19-31-27)33-30-14-12-24(22-9-5-2-6-10-22)16-26(30)18-28-20-32-28/h1-16,27-28H,17-20H2. The fourth-order valence-corrected chi connectivity index (χ4v) is 4.28. The van der Waals surface area contributed by atoms with Crippen LogP contribution in [0.5, 0.6) is 11.5 Å². The van der Waals surface area contributed by atoms with Crippen molar-refractivity contribution in [1.82, 2.24) is 0 Å². The van der Waals surface area contributed by atoms with Gasteiger partial charge in [-0.05, 0) is 57.6 Å². The molecule has 2 fully saturated rings. The highest BCUT2D eigenvalue weighted by Gasteiger charge is 2.27. The predicted octanol–water partition coefficient (Wildman–Crippen LogP) is 6.70. The van der Waals surface area contributed by atoms with Crippen LogP contribution in [0.2, 0.25) is 0 Å². The Morgan fingerprint density at radius 2 is 0.970 bits per heavy atom. The Morgan fingerprint density at radius 3 is 1.36 bits per heavy atom. The van der Waals surface area contributed by atoms with E-state index in [0.717, 1.165) is 37.6 Å². The molecule has 4 aromatic rings. The van der Waals surface area contributed by atoms with Crippen LogP contribution in [0.25, 0.3) is 22.3 Å². The van der Waals surface area contributed by atoms with Crippen LogP contribution in [-0.2, 0) is 22.3 Å². The topological polar surface area (TPSA) is 34.3 Å². The zero-order valence-corrected chi connectivity index (χ0v) is 18.4. The Labute approximate surface area is 194 Å². The Morgan fingerprint density at radius 1 is 0.545 bits per heavy atom. The van der Waals surface area contributed by atoms with E-state index in [-0.39, 0.29) is 12.2 Å². The molecule has 2 aliphatic rings. The third-order valence-corrected chi connectivity index (χ3v) is 6.26. The van der Waals surface area contributed by atoms with Crippen molar-refractivity contribution in [2.24, 2.45) is 0 Å². The molecule has 2 atom stereocenters. The molecule has 3 heteroatoms. The molecule has 4 aromatic carbocycles. The summed E-state index contributed by atoms with van der Waals surface area (Å²) in [5, 5.41) is 0. The average Bonchev–Trinajstić information content (AvgIpc) is 3.80. The zero-order chi connectivity index (χ0) is 22.0. The lowest BCUT2D eigenvalue weighted by Gasteiger charge is -2.16. The van der Waals surface area contributed by atoms with Crippen LogP contribution in [0, 0.1) is 0 Å². The van der Waals surface area contributed by atoms with Crippen molar-refractivity contribution in [3.8, 4) is 33.8 Å². The molecular formula is C30H26O3. The van der Waals surface area contributed by atoms with E-state index < -0.39 is 0 Å². The molecule has 0 aromatic heterocycles. The summed E-state index contributed by atoms with van der Waals surface area (Å²) >= 11 is 0. The lowest BCUT2D eigenvalue weighted by molar-refractivity contribution is 0.398. The highest BCUT2D eigenvalue weighted by atomic mass is 16.6. The molecule has 164 valence electrons. The van der Waals surface area contributed by atoms with Crippen molar-refractivity contribution in [2.45, 2.75) is 25.0 Å². The van der Waals surface area contributed by atoms with Gasteiger partial charge in [-0.1, -0.05) is 72.8 Å². The van der Waals surface area contributed by atoms with E-state index in [9.17, 15) is 0 Å². The van der Waals surface area contributed by atoms with Crippen LogP contribution in [0.1, 0.15) is 11.1 Å². The van der Waals surface area contributed by atoms with E-state index in [1.807, 2.05) is 12.1 Å². The van der Waals surface area contributed by atoms with Crippen molar-refractivity contribution in [1.29, 1.82) is 0 Å². The van der Waals surface area contributed by atoms with Gasteiger partial charge in [-0.3, -0.25) is 0 Å². The van der Waals surface area contributed by atoms with Crippen LogP contribution < -0.4 is 4.74 Å². The van der Waals surface area contributed by atoms with E-state index in [1.54, 1.807) is 0 Å². The maximum absolute atomic E-state index is 6.57. The first-order valence-corrected chi connectivity index (χ1v) is 11.6. The Balaban J connectivity index is 1.34. The number of hydrogen-bond donors (Lipinski definition) is 0. The van der Waals surface area contributed by atoms with Crippen molar-refractivity contribution in [3.63, 3.8) is 0 Å². The molecule has 2 heterocycles. The third-order valence-electron chi connectivity index (χ3n) is 6.26. The second-order valence-corrected chi connectivity index (χ2v) is 8.80. The van der Waals surface area contributed by atoms with Gasteiger partial charge in [0, 0.05) is 12.8 Å². The second-order valence-electron chi connectivity index (χ2n) is 8.80. The fraction of sp³-hybridized carbons (Fsp3) is 0.200. The molecule has 3 nitrogen and oxygen atoms in total. The lowest BCUT2D eigenvalue weighted by Crippen LogP contribution is -2.01. The van der Waals surface area contributed by atoms with E-state index in [1.165, 1.54) is 33.4 Å². The summed E-state index contributed by atoms with van der Waals surface area (Å²) in [6.07, 6.45) is 2.30. The first kappa shape index (κ1) is 20.2. The monoisotopic (exact) mass is 434 g/mol. The Hall–Kier alpha value is -3.40. The van der Waals surface area contributed by atoms with E-state index in [4.69, 9.17) is 14.2 Å². The SMILES string of the molecule is c1ccc(-c2ccc(Oc3ccc(-c4ccccc4)cc3CC3CO3)c(CC3CO3)c2)cc1. The largest absolute Gasteiger partial charge is 0.457 e. The normalized spacial score (nSPS) is 18.7. The number of epoxide rings is 2. The maximum atomic E-state index is 6.57. The number of hydrogen-bond acceptors (Lipinski definition) is 3. The summed E-state index contributed by atoms with van der Waals surface area (Å²) in [5.41, 5.74) is 7.18. The lowest BCUT2D eigenvalue weighted by atomic mass is 9.99. The molecule has 0 saturated carbocycles. The first-order chi connectivity index (χ1) is 16.3. The summed E-state index contributed by atoms with van der Waals surface area (Å²) in [6.45, 7) is 1.65. The summed E-state index contributed by atoms with van der Waals surface area (Å²) < 4.78 is 17.6. The minimum absolute atomic E-state index is 0.290. The molecule has 2 unspecified atom stereocenters. The highest BCUT2D eigenvalue weighted by Crippen LogP contribution is 2.36. The third kappa shape index (κ3) is 4.85. The Kier molecular flexibility index (Phi) is 5.43. The molecule has 2 saturated heterocycles. The highest BCUT2D eigenvalue weighted by molar-refractivity contribution is 5.67. The molecular weight excluding hydrogens is 408 g/mol. The van der Waals surface area contributed by atoms with Gasteiger partial charge in [0.25, 0.3) is 0 Å². The molecule has 0 aliphatic carbocycles. The van der Waals surface area contributed by atoms with Gasteiger partial charge in [-0.15, -0.1) is 0 Å². The molecule has 0 N–H and O–H groups in total. The van der Waals surface area contributed by atoms with E-state index in [2.05, 4.69) is 84.9 Å². The molecule has 0 spiro atoms. The van der Waals surface area contributed by atoms with Gasteiger partial charge < -0.3 is 14.2 Å². The van der Waals surface area contributed by atoms with Crippen molar-refractivity contribution in [3.05, 3.63) is 108 Å². The molecule has 33 heavy (non-hydrogen) atoms. The average molecular weight is 435 g/mol. The van der Waals surface area contributed by atoms with Crippen molar-refractivity contribution < 1.29 is 14.2 Å². The number of ether oxygens (including phenoxy) is 3. The smallest absolute Gasteiger partial charge is 0.130 e. The van der Waals surface area contributed by atoms with Gasteiger partial charge in [0.1, 0.15) is 11.5 Å². The minimum Gasteiger partial charge on any atom is -0.457 e. The summed E-state index contributed by atoms with van der Waals surface area (Å²) in [7, 11) is 0. The number of benzene rings is 4. The summed E-state index contributed by atoms with van der Waals surface area (Å²) in [6, 6.07) is 33.9. The van der Waals surface area contributed by atoms with Crippen LogP contribution in [-0.4, -0.2) is 25.4 Å². The molecule has 0 bridgehead atoms. The van der Waals surface area contributed by atoms with Gasteiger partial charge in [-0.2, -0.15) is 0 Å².